The first-order valence-electron chi connectivity index (χ1n) is 7.78. The molecule has 1 aromatic carbocycles. The zero-order chi connectivity index (χ0) is 15.2. The number of ether oxygens (including phenoxy) is 1. The number of benzene rings is 1. The molecule has 5 heteroatoms. The summed E-state index contributed by atoms with van der Waals surface area (Å²) in [6.45, 7) is 7.32. The lowest BCUT2D eigenvalue weighted by Crippen LogP contribution is -2.43. The summed E-state index contributed by atoms with van der Waals surface area (Å²) in [6.07, 6.45) is 2.43. The minimum atomic E-state index is 0. The number of Topliss-reactive ketones (excluding diaryl/α,β-unsaturated/α-hetero) is 1. The van der Waals surface area contributed by atoms with Gasteiger partial charge in [0, 0.05) is 19.1 Å². The molecule has 124 valence electrons. The van der Waals surface area contributed by atoms with Crippen molar-refractivity contribution in [2.24, 2.45) is 11.7 Å². The van der Waals surface area contributed by atoms with Gasteiger partial charge in [-0.25, -0.2) is 0 Å². The molecule has 4 nitrogen and oxygen atoms in total. The maximum absolute atomic E-state index is 11.5. The molecular formula is C17H27ClN2O2. The number of ketones is 1. The summed E-state index contributed by atoms with van der Waals surface area (Å²) in [5, 5.41) is 0. The molecule has 0 spiro atoms. The van der Waals surface area contributed by atoms with Crippen LogP contribution in [0.4, 0.5) is 0 Å². The van der Waals surface area contributed by atoms with Crippen molar-refractivity contribution in [1.82, 2.24) is 4.90 Å². The fraction of sp³-hybridized carbons (Fsp3) is 0.588. The molecule has 2 unspecified atom stereocenters. The number of piperidine rings is 1. The third-order valence-electron chi connectivity index (χ3n) is 4.22. The van der Waals surface area contributed by atoms with Gasteiger partial charge in [0.2, 0.25) is 0 Å². The highest BCUT2D eigenvalue weighted by molar-refractivity contribution is 5.96. The smallest absolute Gasteiger partial charge is 0.163 e. The third kappa shape index (κ3) is 5.27. The molecule has 1 fully saturated rings. The maximum atomic E-state index is 11.5. The lowest BCUT2D eigenvalue weighted by molar-refractivity contribution is 0.101. The number of rotatable bonds is 6. The quantitative estimate of drug-likeness (QED) is 0.817. The van der Waals surface area contributed by atoms with E-state index in [4.69, 9.17) is 10.5 Å². The van der Waals surface area contributed by atoms with E-state index in [-0.39, 0.29) is 24.2 Å². The topological polar surface area (TPSA) is 55.6 Å². The molecule has 1 heterocycles. The third-order valence-corrected chi connectivity index (χ3v) is 4.22. The Bertz CT molecular complexity index is 479. The largest absolute Gasteiger partial charge is 0.491 e. The first kappa shape index (κ1) is 18.9. The van der Waals surface area contributed by atoms with Gasteiger partial charge in [-0.15, -0.1) is 12.4 Å². The van der Waals surface area contributed by atoms with Crippen molar-refractivity contribution in [3.05, 3.63) is 29.8 Å². The van der Waals surface area contributed by atoms with Crippen molar-refractivity contribution in [3.8, 4) is 5.75 Å². The highest BCUT2D eigenvalue weighted by Crippen LogP contribution is 2.20. The Labute approximate surface area is 139 Å². The molecule has 0 radical (unpaired) electrons. The lowest BCUT2D eigenvalue weighted by atomic mass is 9.92. The van der Waals surface area contributed by atoms with E-state index in [0.29, 0.717) is 23.8 Å². The molecule has 0 aromatic heterocycles. The number of carbonyl (C=O) groups excluding carboxylic acids is 1. The molecule has 1 aromatic rings. The molecule has 1 aliphatic heterocycles. The summed E-state index contributed by atoms with van der Waals surface area (Å²) in [7, 11) is 0. The first-order chi connectivity index (χ1) is 10.1. The predicted molar refractivity (Wildman–Crippen MR) is 92.0 cm³/mol. The van der Waals surface area contributed by atoms with Crippen LogP contribution in [0.25, 0.3) is 0 Å². The Morgan fingerprint density at radius 1 is 1.45 bits per heavy atom. The van der Waals surface area contributed by atoms with Crippen LogP contribution in [0.5, 0.6) is 5.75 Å². The van der Waals surface area contributed by atoms with Crippen molar-refractivity contribution in [2.45, 2.75) is 32.7 Å². The van der Waals surface area contributed by atoms with Gasteiger partial charge in [0.15, 0.2) is 5.78 Å². The summed E-state index contributed by atoms with van der Waals surface area (Å²) >= 11 is 0. The van der Waals surface area contributed by atoms with Crippen LogP contribution in [0, 0.1) is 5.92 Å². The first-order valence-corrected chi connectivity index (χ1v) is 7.78. The number of carbonyl (C=O) groups is 1. The average Bonchev–Trinajstić information content (AvgIpc) is 2.48. The highest BCUT2D eigenvalue weighted by Gasteiger charge is 2.22. The summed E-state index contributed by atoms with van der Waals surface area (Å²) in [5.41, 5.74) is 6.66. The average molecular weight is 327 g/mol. The fourth-order valence-electron chi connectivity index (χ4n) is 2.89. The van der Waals surface area contributed by atoms with Crippen LogP contribution < -0.4 is 10.5 Å². The zero-order valence-corrected chi connectivity index (χ0v) is 14.3. The van der Waals surface area contributed by atoms with E-state index in [9.17, 15) is 4.79 Å². The normalized spacial score (nSPS) is 20.0. The Morgan fingerprint density at radius 3 is 2.86 bits per heavy atom. The number of nitrogens with two attached hydrogens (primary N) is 1. The second-order valence-electron chi connectivity index (χ2n) is 5.96. The number of hydrogen-bond acceptors (Lipinski definition) is 4. The number of likely N-dealkylation sites (tertiary alicyclic amines) is 1. The van der Waals surface area contributed by atoms with Gasteiger partial charge in [0.25, 0.3) is 0 Å². The van der Waals surface area contributed by atoms with Gasteiger partial charge >= 0.3 is 0 Å². The molecule has 0 saturated carbocycles. The van der Waals surface area contributed by atoms with Gasteiger partial charge in [-0.1, -0.05) is 12.1 Å². The minimum Gasteiger partial charge on any atom is -0.491 e. The standard InChI is InChI=1S/C17H26N2O2.ClH/c1-13(18)15-6-5-9-19(12-15)10-11-21-17-8-4-3-7-16(17)14(2)20;/h3-4,7-8,13,15H,5-6,9-12,18H2,1-2H3;1H. The van der Waals surface area contributed by atoms with Crippen molar-refractivity contribution in [2.75, 3.05) is 26.2 Å². The van der Waals surface area contributed by atoms with Gasteiger partial charge in [0.05, 0.1) is 5.56 Å². The monoisotopic (exact) mass is 326 g/mol. The lowest BCUT2D eigenvalue weighted by Gasteiger charge is -2.34. The molecule has 2 rings (SSSR count). The van der Waals surface area contributed by atoms with E-state index in [2.05, 4.69) is 11.8 Å². The second kappa shape index (κ2) is 9.13. The van der Waals surface area contributed by atoms with Gasteiger partial charge in [-0.2, -0.15) is 0 Å². The number of hydrogen-bond donors (Lipinski definition) is 1. The maximum Gasteiger partial charge on any atom is 0.163 e. The number of nitrogens with zero attached hydrogens (tertiary/aromatic N) is 1. The number of halogens is 1. The SMILES string of the molecule is CC(=O)c1ccccc1OCCN1CCCC(C(C)N)C1.Cl. The van der Waals surface area contributed by atoms with Gasteiger partial charge in [0.1, 0.15) is 12.4 Å². The molecule has 2 N–H and O–H groups in total. The predicted octanol–water partition coefficient (Wildman–Crippen LogP) is 2.75. The van der Waals surface area contributed by atoms with Crippen LogP contribution in [0.1, 0.15) is 37.0 Å². The molecular weight excluding hydrogens is 300 g/mol. The molecule has 22 heavy (non-hydrogen) atoms. The molecule has 0 amide bonds. The van der Waals surface area contributed by atoms with Crippen molar-refractivity contribution in [3.63, 3.8) is 0 Å². The van der Waals surface area contributed by atoms with Crippen molar-refractivity contribution < 1.29 is 9.53 Å². The van der Waals surface area contributed by atoms with Crippen LogP contribution in [0.3, 0.4) is 0 Å². The fourth-order valence-corrected chi connectivity index (χ4v) is 2.89. The van der Waals surface area contributed by atoms with Gasteiger partial charge < -0.3 is 10.5 Å². The van der Waals surface area contributed by atoms with E-state index < -0.39 is 0 Å². The highest BCUT2D eigenvalue weighted by atomic mass is 35.5. The Hall–Kier alpha value is -1.10. The van der Waals surface area contributed by atoms with E-state index in [1.165, 1.54) is 12.8 Å². The van der Waals surface area contributed by atoms with Gasteiger partial charge in [-0.05, 0) is 51.3 Å². The van der Waals surface area contributed by atoms with Crippen LogP contribution in [-0.2, 0) is 0 Å². The summed E-state index contributed by atoms with van der Waals surface area (Å²) < 4.78 is 5.80. The summed E-state index contributed by atoms with van der Waals surface area (Å²) in [4.78, 5) is 14.0. The zero-order valence-electron chi connectivity index (χ0n) is 13.5. The van der Waals surface area contributed by atoms with Crippen LogP contribution in [0.15, 0.2) is 24.3 Å². The molecule has 0 aliphatic carbocycles. The van der Waals surface area contributed by atoms with Gasteiger partial charge in [-0.3, -0.25) is 9.69 Å². The summed E-state index contributed by atoms with van der Waals surface area (Å²) in [5.74, 6) is 1.31. The van der Waals surface area contributed by atoms with Crippen molar-refractivity contribution >= 4 is 18.2 Å². The van der Waals surface area contributed by atoms with Crippen LogP contribution in [0.2, 0.25) is 0 Å². The molecule has 1 saturated heterocycles. The van der Waals surface area contributed by atoms with Crippen LogP contribution in [-0.4, -0.2) is 43.0 Å². The van der Waals surface area contributed by atoms with E-state index in [1.54, 1.807) is 6.92 Å². The molecule has 1 aliphatic rings. The summed E-state index contributed by atoms with van der Waals surface area (Å²) in [6, 6.07) is 7.69. The Balaban J connectivity index is 0.00000242. The van der Waals surface area contributed by atoms with Crippen LogP contribution >= 0.6 is 12.4 Å². The number of para-hydroxylation sites is 1. The molecule has 0 bridgehead atoms. The van der Waals surface area contributed by atoms with E-state index >= 15 is 0 Å². The minimum absolute atomic E-state index is 0. The van der Waals surface area contributed by atoms with E-state index in [0.717, 1.165) is 19.6 Å². The Morgan fingerprint density at radius 2 is 2.18 bits per heavy atom. The molecule has 2 atom stereocenters. The Kier molecular flexibility index (Phi) is 7.87. The van der Waals surface area contributed by atoms with E-state index in [1.807, 2.05) is 24.3 Å². The second-order valence-corrected chi connectivity index (χ2v) is 5.96. The van der Waals surface area contributed by atoms with Crippen molar-refractivity contribution in [1.29, 1.82) is 0 Å².